The fourth-order valence-corrected chi connectivity index (χ4v) is 3.50. The minimum Gasteiger partial charge on any atom is -0.368 e. The molecule has 0 amide bonds. The van der Waals surface area contributed by atoms with E-state index < -0.39 is 0 Å². The maximum Gasteiger partial charge on any atom is 0.229 e. The highest BCUT2D eigenvalue weighted by Crippen LogP contribution is 2.22. The van der Waals surface area contributed by atoms with E-state index in [9.17, 15) is 0 Å². The van der Waals surface area contributed by atoms with Crippen molar-refractivity contribution in [3.8, 4) is 0 Å². The SMILES string of the molecule is CC(C)c1ccc(Nc2nccc(N3CCN(c4ccccc4)CC3)n2)cc1. The molecule has 5 nitrogen and oxygen atoms in total. The summed E-state index contributed by atoms with van der Waals surface area (Å²) in [6.07, 6.45) is 1.83. The second-order valence-electron chi connectivity index (χ2n) is 7.45. The molecule has 0 aliphatic carbocycles. The first-order chi connectivity index (χ1) is 13.7. The van der Waals surface area contributed by atoms with E-state index in [4.69, 9.17) is 4.98 Å². The molecule has 2 aromatic carbocycles. The molecule has 0 spiro atoms. The Labute approximate surface area is 167 Å². The fraction of sp³-hybridized carbons (Fsp3) is 0.304. The van der Waals surface area contributed by atoms with Gasteiger partial charge in [0.2, 0.25) is 5.95 Å². The maximum absolute atomic E-state index is 4.73. The van der Waals surface area contributed by atoms with Gasteiger partial charge < -0.3 is 15.1 Å². The molecular weight excluding hydrogens is 346 g/mol. The molecule has 2 heterocycles. The number of benzene rings is 2. The van der Waals surface area contributed by atoms with E-state index >= 15 is 0 Å². The molecule has 28 heavy (non-hydrogen) atoms. The summed E-state index contributed by atoms with van der Waals surface area (Å²) in [5.41, 5.74) is 3.63. The monoisotopic (exact) mass is 373 g/mol. The number of anilines is 4. The summed E-state index contributed by atoms with van der Waals surface area (Å²) in [4.78, 5) is 13.9. The van der Waals surface area contributed by atoms with Crippen LogP contribution in [0.3, 0.4) is 0 Å². The Balaban J connectivity index is 1.40. The molecule has 0 unspecified atom stereocenters. The lowest BCUT2D eigenvalue weighted by atomic mass is 10.0. The minimum absolute atomic E-state index is 0.531. The van der Waals surface area contributed by atoms with Crippen molar-refractivity contribution >= 4 is 23.1 Å². The fourth-order valence-electron chi connectivity index (χ4n) is 3.50. The Morgan fingerprint density at radius 2 is 1.50 bits per heavy atom. The molecule has 4 rings (SSSR count). The smallest absolute Gasteiger partial charge is 0.229 e. The minimum atomic E-state index is 0.531. The molecule has 0 atom stereocenters. The van der Waals surface area contributed by atoms with Crippen LogP contribution in [0, 0.1) is 0 Å². The third-order valence-corrected chi connectivity index (χ3v) is 5.20. The van der Waals surface area contributed by atoms with Crippen LogP contribution in [0.5, 0.6) is 0 Å². The van der Waals surface area contributed by atoms with Crippen LogP contribution in [0.25, 0.3) is 0 Å². The van der Waals surface area contributed by atoms with Crippen molar-refractivity contribution in [2.24, 2.45) is 0 Å². The van der Waals surface area contributed by atoms with Crippen LogP contribution < -0.4 is 15.1 Å². The first kappa shape index (κ1) is 18.3. The Bertz CT molecular complexity index is 884. The first-order valence-electron chi connectivity index (χ1n) is 9.94. The normalized spacial score (nSPS) is 14.4. The van der Waals surface area contributed by atoms with E-state index in [0.29, 0.717) is 11.9 Å². The summed E-state index contributed by atoms with van der Waals surface area (Å²) >= 11 is 0. The van der Waals surface area contributed by atoms with E-state index in [-0.39, 0.29) is 0 Å². The average molecular weight is 374 g/mol. The molecule has 1 aliphatic heterocycles. The van der Waals surface area contributed by atoms with Crippen molar-refractivity contribution in [3.05, 3.63) is 72.4 Å². The highest BCUT2D eigenvalue weighted by molar-refractivity contribution is 5.56. The van der Waals surface area contributed by atoms with Crippen LogP contribution in [-0.4, -0.2) is 36.1 Å². The second-order valence-corrected chi connectivity index (χ2v) is 7.45. The molecule has 1 aromatic heterocycles. The maximum atomic E-state index is 4.73. The van der Waals surface area contributed by atoms with Crippen LogP contribution in [0.2, 0.25) is 0 Å². The van der Waals surface area contributed by atoms with Gasteiger partial charge in [-0.2, -0.15) is 4.98 Å². The first-order valence-corrected chi connectivity index (χ1v) is 9.94. The van der Waals surface area contributed by atoms with E-state index in [0.717, 1.165) is 37.7 Å². The molecule has 3 aromatic rings. The third kappa shape index (κ3) is 4.25. The van der Waals surface area contributed by atoms with Gasteiger partial charge in [-0.25, -0.2) is 4.98 Å². The predicted octanol–water partition coefficient (Wildman–Crippen LogP) is 4.67. The summed E-state index contributed by atoms with van der Waals surface area (Å²) in [5, 5.41) is 3.32. The van der Waals surface area contributed by atoms with Gasteiger partial charge in [-0.05, 0) is 41.8 Å². The highest BCUT2D eigenvalue weighted by Gasteiger charge is 2.18. The van der Waals surface area contributed by atoms with Gasteiger partial charge in [0.25, 0.3) is 0 Å². The standard InChI is InChI=1S/C23H27N5/c1-18(2)19-8-10-20(11-9-19)25-23-24-13-12-22(26-23)28-16-14-27(15-17-28)21-6-4-3-5-7-21/h3-13,18H,14-17H2,1-2H3,(H,24,25,26). The summed E-state index contributed by atoms with van der Waals surface area (Å²) in [6, 6.07) is 21.1. The molecule has 1 saturated heterocycles. The van der Waals surface area contributed by atoms with Crippen LogP contribution >= 0.6 is 0 Å². The van der Waals surface area contributed by atoms with E-state index in [1.54, 1.807) is 0 Å². The molecular formula is C23H27N5. The lowest BCUT2D eigenvalue weighted by molar-refractivity contribution is 0.647. The summed E-state index contributed by atoms with van der Waals surface area (Å²) in [7, 11) is 0. The Morgan fingerprint density at radius 3 is 2.18 bits per heavy atom. The number of aromatic nitrogens is 2. The van der Waals surface area contributed by atoms with Crippen molar-refractivity contribution in [1.82, 2.24) is 9.97 Å². The van der Waals surface area contributed by atoms with Crippen LogP contribution in [0.1, 0.15) is 25.3 Å². The third-order valence-electron chi connectivity index (χ3n) is 5.20. The van der Waals surface area contributed by atoms with Gasteiger partial charge >= 0.3 is 0 Å². The zero-order valence-electron chi connectivity index (χ0n) is 16.5. The van der Waals surface area contributed by atoms with Crippen LogP contribution in [0.4, 0.5) is 23.1 Å². The Kier molecular flexibility index (Phi) is 5.42. The van der Waals surface area contributed by atoms with Crippen molar-refractivity contribution in [1.29, 1.82) is 0 Å². The van der Waals surface area contributed by atoms with Gasteiger partial charge in [0.05, 0.1) is 0 Å². The number of nitrogens with zero attached hydrogens (tertiary/aromatic N) is 4. The van der Waals surface area contributed by atoms with E-state index in [1.807, 2.05) is 12.3 Å². The number of hydrogen-bond donors (Lipinski definition) is 1. The van der Waals surface area contributed by atoms with Gasteiger partial charge in [-0.3, -0.25) is 0 Å². The molecule has 1 aliphatic rings. The molecule has 0 radical (unpaired) electrons. The average Bonchev–Trinajstić information content (AvgIpc) is 2.75. The van der Waals surface area contributed by atoms with Gasteiger partial charge in [0.15, 0.2) is 0 Å². The number of nitrogens with one attached hydrogen (secondary N) is 1. The van der Waals surface area contributed by atoms with Crippen molar-refractivity contribution in [2.75, 3.05) is 41.3 Å². The molecule has 1 N–H and O–H groups in total. The Hall–Kier alpha value is -3.08. The molecule has 144 valence electrons. The van der Waals surface area contributed by atoms with Gasteiger partial charge in [0.1, 0.15) is 5.82 Å². The van der Waals surface area contributed by atoms with Crippen molar-refractivity contribution in [2.45, 2.75) is 19.8 Å². The number of hydrogen-bond acceptors (Lipinski definition) is 5. The van der Waals surface area contributed by atoms with Crippen LogP contribution in [-0.2, 0) is 0 Å². The summed E-state index contributed by atoms with van der Waals surface area (Å²) in [6.45, 7) is 8.29. The van der Waals surface area contributed by atoms with E-state index in [1.165, 1.54) is 11.3 Å². The molecule has 0 bridgehead atoms. The topological polar surface area (TPSA) is 44.3 Å². The number of para-hydroxylation sites is 1. The summed E-state index contributed by atoms with van der Waals surface area (Å²) < 4.78 is 0. The Morgan fingerprint density at radius 1 is 0.821 bits per heavy atom. The van der Waals surface area contributed by atoms with E-state index in [2.05, 4.69) is 88.5 Å². The highest BCUT2D eigenvalue weighted by atomic mass is 15.3. The predicted molar refractivity (Wildman–Crippen MR) is 117 cm³/mol. The largest absolute Gasteiger partial charge is 0.368 e. The lowest BCUT2D eigenvalue weighted by Gasteiger charge is -2.36. The second kappa shape index (κ2) is 8.30. The van der Waals surface area contributed by atoms with Crippen molar-refractivity contribution < 1.29 is 0 Å². The number of piperazine rings is 1. The van der Waals surface area contributed by atoms with Crippen LogP contribution in [0.15, 0.2) is 66.9 Å². The van der Waals surface area contributed by atoms with Gasteiger partial charge in [-0.1, -0.05) is 44.2 Å². The van der Waals surface area contributed by atoms with Crippen molar-refractivity contribution in [3.63, 3.8) is 0 Å². The zero-order chi connectivity index (χ0) is 19.3. The molecule has 1 fully saturated rings. The number of rotatable bonds is 5. The molecule has 0 saturated carbocycles. The quantitative estimate of drug-likeness (QED) is 0.704. The summed E-state index contributed by atoms with van der Waals surface area (Å²) in [5.74, 6) is 2.15. The zero-order valence-corrected chi connectivity index (χ0v) is 16.5. The lowest BCUT2D eigenvalue weighted by Crippen LogP contribution is -2.46. The molecule has 5 heteroatoms. The van der Waals surface area contributed by atoms with Gasteiger partial charge in [-0.15, -0.1) is 0 Å². The van der Waals surface area contributed by atoms with Gasteiger partial charge in [0, 0.05) is 43.8 Å².